The molecule has 19 heavy (non-hydrogen) atoms. The van der Waals surface area contributed by atoms with Crippen LogP contribution in [0.5, 0.6) is 5.75 Å². The van der Waals surface area contributed by atoms with E-state index >= 15 is 0 Å². The molecule has 1 aromatic carbocycles. The van der Waals surface area contributed by atoms with Gasteiger partial charge in [-0.3, -0.25) is 0 Å². The van der Waals surface area contributed by atoms with Crippen LogP contribution in [0, 0.1) is 11.7 Å². The van der Waals surface area contributed by atoms with E-state index in [0.29, 0.717) is 17.7 Å². The molecule has 0 aliphatic heterocycles. The first-order valence-electron chi connectivity index (χ1n) is 7.12. The van der Waals surface area contributed by atoms with Gasteiger partial charge >= 0.3 is 0 Å². The van der Waals surface area contributed by atoms with Crippen LogP contribution < -0.4 is 10.1 Å². The average Bonchev–Trinajstić information content (AvgIpc) is 2.35. The maximum atomic E-state index is 13.7. The van der Waals surface area contributed by atoms with Crippen molar-refractivity contribution in [3.63, 3.8) is 0 Å². The molecule has 0 amide bonds. The van der Waals surface area contributed by atoms with Crippen LogP contribution in [-0.2, 0) is 6.42 Å². The number of halogens is 1. The van der Waals surface area contributed by atoms with Crippen molar-refractivity contribution in [1.29, 1.82) is 0 Å². The second-order valence-electron chi connectivity index (χ2n) is 5.45. The Morgan fingerprint density at radius 3 is 2.58 bits per heavy atom. The molecule has 0 radical (unpaired) electrons. The van der Waals surface area contributed by atoms with Gasteiger partial charge < -0.3 is 10.1 Å². The topological polar surface area (TPSA) is 21.3 Å². The summed E-state index contributed by atoms with van der Waals surface area (Å²) >= 11 is 0. The molecule has 2 nitrogen and oxygen atoms in total. The molecule has 0 saturated heterocycles. The SMILES string of the molecule is CCCNC(Cc1ccc(OC)c(F)c1)CC(C)C. The lowest BCUT2D eigenvalue weighted by molar-refractivity contribution is 0.384. The van der Waals surface area contributed by atoms with Gasteiger partial charge in [-0.15, -0.1) is 0 Å². The summed E-state index contributed by atoms with van der Waals surface area (Å²) in [6.07, 6.45) is 3.08. The van der Waals surface area contributed by atoms with Crippen LogP contribution in [0.4, 0.5) is 4.39 Å². The van der Waals surface area contributed by atoms with Crippen molar-refractivity contribution < 1.29 is 9.13 Å². The van der Waals surface area contributed by atoms with Crippen molar-refractivity contribution in [3.05, 3.63) is 29.6 Å². The minimum atomic E-state index is -0.279. The normalized spacial score (nSPS) is 12.7. The Labute approximate surface area is 116 Å². The highest BCUT2D eigenvalue weighted by Gasteiger charge is 2.12. The van der Waals surface area contributed by atoms with Gasteiger partial charge in [-0.2, -0.15) is 0 Å². The summed E-state index contributed by atoms with van der Waals surface area (Å²) in [6.45, 7) is 7.60. The first-order valence-corrected chi connectivity index (χ1v) is 7.12. The molecule has 1 unspecified atom stereocenters. The van der Waals surface area contributed by atoms with Crippen LogP contribution in [-0.4, -0.2) is 19.7 Å². The molecule has 0 saturated carbocycles. The van der Waals surface area contributed by atoms with Crippen LogP contribution in [0.1, 0.15) is 39.2 Å². The van der Waals surface area contributed by atoms with Gasteiger partial charge in [0.1, 0.15) is 0 Å². The predicted molar refractivity (Wildman–Crippen MR) is 78.2 cm³/mol. The van der Waals surface area contributed by atoms with Gasteiger partial charge in [0.2, 0.25) is 0 Å². The minimum Gasteiger partial charge on any atom is -0.494 e. The van der Waals surface area contributed by atoms with E-state index in [9.17, 15) is 4.39 Å². The van der Waals surface area contributed by atoms with Crippen LogP contribution in [0.25, 0.3) is 0 Å². The Hall–Kier alpha value is -1.09. The number of rotatable bonds is 8. The first kappa shape index (κ1) is 16.0. The van der Waals surface area contributed by atoms with Crippen LogP contribution in [0.2, 0.25) is 0 Å². The lowest BCUT2D eigenvalue weighted by atomic mass is 9.97. The van der Waals surface area contributed by atoms with Crippen molar-refractivity contribution in [3.8, 4) is 5.75 Å². The first-order chi connectivity index (χ1) is 9.06. The fourth-order valence-corrected chi connectivity index (χ4v) is 2.28. The number of benzene rings is 1. The van der Waals surface area contributed by atoms with Gasteiger partial charge in [-0.1, -0.05) is 26.8 Å². The van der Waals surface area contributed by atoms with E-state index in [1.807, 2.05) is 6.07 Å². The van der Waals surface area contributed by atoms with Gasteiger partial charge in [0.05, 0.1) is 7.11 Å². The van der Waals surface area contributed by atoms with Crippen molar-refractivity contribution in [2.24, 2.45) is 5.92 Å². The summed E-state index contributed by atoms with van der Waals surface area (Å²) in [5.41, 5.74) is 1.02. The number of ether oxygens (including phenoxy) is 1. The predicted octanol–water partition coefficient (Wildman–Crippen LogP) is 3.79. The molecule has 0 aliphatic rings. The fourth-order valence-electron chi connectivity index (χ4n) is 2.28. The van der Waals surface area contributed by atoms with Gasteiger partial charge in [0.25, 0.3) is 0 Å². The zero-order valence-electron chi connectivity index (χ0n) is 12.5. The number of hydrogen-bond acceptors (Lipinski definition) is 2. The largest absolute Gasteiger partial charge is 0.494 e. The average molecular weight is 267 g/mol. The van der Waals surface area contributed by atoms with Crippen LogP contribution in [0.15, 0.2) is 18.2 Å². The monoisotopic (exact) mass is 267 g/mol. The molecule has 1 N–H and O–H groups in total. The van der Waals surface area contributed by atoms with E-state index in [-0.39, 0.29) is 5.82 Å². The Balaban J connectivity index is 2.69. The van der Waals surface area contributed by atoms with E-state index in [1.165, 1.54) is 7.11 Å². The third-order valence-corrected chi connectivity index (χ3v) is 3.14. The van der Waals surface area contributed by atoms with Crippen molar-refractivity contribution in [2.45, 2.75) is 46.1 Å². The maximum Gasteiger partial charge on any atom is 0.165 e. The third-order valence-electron chi connectivity index (χ3n) is 3.14. The Morgan fingerprint density at radius 2 is 2.05 bits per heavy atom. The van der Waals surface area contributed by atoms with E-state index < -0.39 is 0 Å². The maximum absolute atomic E-state index is 13.7. The summed E-state index contributed by atoms with van der Waals surface area (Å²) in [7, 11) is 1.49. The molecule has 108 valence electrons. The second-order valence-corrected chi connectivity index (χ2v) is 5.45. The highest BCUT2D eigenvalue weighted by Crippen LogP contribution is 2.19. The van der Waals surface area contributed by atoms with Crippen molar-refractivity contribution in [1.82, 2.24) is 5.32 Å². The molecule has 3 heteroatoms. The Kier molecular flexibility index (Phi) is 6.85. The molecule has 1 atom stereocenters. The van der Waals surface area contributed by atoms with E-state index in [2.05, 4.69) is 26.1 Å². The zero-order chi connectivity index (χ0) is 14.3. The fraction of sp³-hybridized carbons (Fsp3) is 0.625. The molecular weight excluding hydrogens is 241 g/mol. The quantitative estimate of drug-likeness (QED) is 0.773. The van der Waals surface area contributed by atoms with Crippen molar-refractivity contribution >= 4 is 0 Å². The molecule has 0 bridgehead atoms. The van der Waals surface area contributed by atoms with Crippen molar-refractivity contribution in [2.75, 3.05) is 13.7 Å². The summed E-state index contributed by atoms with van der Waals surface area (Å²) < 4.78 is 18.6. The van der Waals surface area contributed by atoms with Crippen LogP contribution in [0.3, 0.4) is 0 Å². The highest BCUT2D eigenvalue weighted by atomic mass is 19.1. The number of hydrogen-bond donors (Lipinski definition) is 1. The number of nitrogens with one attached hydrogen (secondary N) is 1. The lowest BCUT2D eigenvalue weighted by Gasteiger charge is -2.20. The Bertz CT molecular complexity index is 379. The molecule has 1 aromatic rings. The van der Waals surface area contributed by atoms with E-state index in [0.717, 1.165) is 31.4 Å². The molecule has 0 fully saturated rings. The van der Waals surface area contributed by atoms with E-state index in [1.54, 1.807) is 12.1 Å². The second kappa shape index (κ2) is 8.16. The van der Waals surface area contributed by atoms with Crippen LogP contribution >= 0.6 is 0 Å². The third kappa shape index (κ3) is 5.60. The Morgan fingerprint density at radius 1 is 1.32 bits per heavy atom. The highest BCUT2D eigenvalue weighted by molar-refractivity contribution is 5.29. The molecule has 1 rings (SSSR count). The summed E-state index contributed by atoms with van der Waals surface area (Å²) in [6, 6.07) is 5.65. The van der Waals surface area contributed by atoms with Gasteiger partial charge in [0, 0.05) is 6.04 Å². The summed E-state index contributed by atoms with van der Waals surface area (Å²) in [5.74, 6) is 0.668. The summed E-state index contributed by atoms with van der Waals surface area (Å²) in [4.78, 5) is 0. The van der Waals surface area contributed by atoms with Gasteiger partial charge in [-0.05, 0) is 49.4 Å². The number of methoxy groups -OCH3 is 1. The molecule has 0 aliphatic carbocycles. The molecular formula is C16H26FNO. The van der Waals surface area contributed by atoms with Gasteiger partial charge in [-0.25, -0.2) is 4.39 Å². The molecule has 0 heterocycles. The smallest absolute Gasteiger partial charge is 0.165 e. The minimum absolute atomic E-state index is 0.279. The zero-order valence-corrected chi connectivity index (χ0v) is 12.5. The lowest BCUT2D eigenvalue weighted by Crippen LogP contribution is -2.33. The standard InChI is InChI=1S/C16H26FNO/c1-5-8-18-14(9-12(2)3)10-13-6-7-16(19-4)15(17)11-13/h6-7,11-12,14,18H,5,8-10H2,1-4H3. The summed E-state index contributed by atoms with van der Waals surface area (Å²) in [5, 5.41) is 3.54. The molecule has 0 aromatic heterocycles. The van der Waals surface area contributed by atoms with Gasteiger partial charge in [0.15, 0.2) is 11.6 Å². The van der Waals surface area contributed by atoms with E-state index in [4.69, 9.17) is 4.74 Å². The molecule has 0 spiro atoms.